The summed E-state index contributed by atoms with van der Waals surface area (Å²) in [5, 5.41) is 0.678. The lowest BCUT2D eigenvalue weighted by molar-refractivity contribution is 0.415. The van der Waals surface area contributed by atoms with Crippen molar-refractivity contribution < 1.29 is 4.74 Å². The Bertz CT molecular complexity index is 661. The minimum atomic E-state index is 0.508. The first-order valence-corrected chi connectivity index (χ1v) is 8.60. The minimum absolute atomic E-state index is 0.508. The van der Waals surface area contributed by atoms with E-state index in [-0.39, 0.29) is 0 Å². The maximum atomic E-state index is 5.56. The van der Waals surface area contributed by atoms with Crippen LogP contribution in [0.4, 0.5) is 0 Å². The number of aromatic nitrogens is 2. The Hall–Kier alpha value is -0.940. The van der Waals surface area contributed by atoms with Crippen molar-refractivity contribution in [2.45, 2.75) is 37.5 Å². The Balaban J connectivity index is 2.09. The fourth-order valence-electron chi connectivity index (χ4n) is 3.17. The molecule has 5 heteroatoms. The van der Waals surface area contributed by atoms with Crippen molar-refractivity contribution in [1.82, 2.24) is 9.55 Å². The molecule has 0 spiro atoms. The molecule has 108 valence electrons. The number of fused-ring (bicyclic) bond motifs is 1. The zero-order valence-electron chi connectivity index (χ0n) is 11.9. The van der Waals surface area contributed by atoms with Gasteiger partial charge in [-0.2, -0.15) is 11.8 Å². The summed E-state index contributed by atoms with van der Waals surface area (Å²) in [6.45, 7) is 2.23. The molecule has 1 aromatic carbocycles. The van der Waals surface area contributed by atoms with Crippen molar-refractivity contribution in [3.8, 4) is 5.75 Å². The zero-order valence-corrected chi connectivity index (χ0v) is 13.5. The van der Waals surface area contributed by atoms with Crippen molar-refractivity contribution in [3.63, 3.8) is 0 Å². The highest BCUT2D eigenvalue weighted by atomic mass is 32.2. The number of imidazole rings is 1. The molecule has 0 aliphatic heterocycles. The number of rotatable bonds is 4. The SMILES string of the molecule is CCSC1CCCC1n1c(=S)[nH]c2ccc(OC)cc21. The monoisotopic (exact) mass is 308 g/mol. The largest absolute Gasteiger partial charge is 0.497 e. The molecule has 1 saturated carbocycles. The maximum Gasteiger partial charge on any atom is 0.178 e. The number of ether oxygens (including phenoxy) is 1. The first-order chi connectivity index (χ1) is 9.74. The number of H-pyrrole nitrogens is 1. The summed E-state index contributed by atoms with van der Waals surface area (Å²) in [5.41, 5.74) is 2.27. The summed E-state index contributed by atoms with van der Waals surface area (Å²) in [6, 6.07) is 6.63. The van der Waals surface area contributed by atoms with Gasteiger partial charge in [0.2, 0.25) is 0 Å². The van der Waals surface area contributed by atoms with Crippen LogP contribution in [0.2, 0.25) is 0 Å². The Morgan fingerprint density at radius 2 is 2.30 bits per heavy atom. The van der Waals surface area contributed by atoms with E-state index in [1.165, 1.54) is 30.5 Å². The van der Waals surface area contributed by atoms with Crippen LogP contribution >= 0.6 is 24.0 Å². The topological polar surface area (TPSA) is 29.9 Å². The molecule has 0 bridgehead atoms. The van der Waals surface area contributed by atoms with Crippen molar-refractivity contribution in [2.75, 3.05) is 12.9 Å². The van der Waals surface area contributed by atoms with Gasteiger partial charge in [0.15, 0.2) is 4.77 Å². The molecule has 0 radical (unpaired) electrons. The van der Waals surface area contributed by atoms with Gasteiger partial charge < -0.3 is 14.3 Å². The summed E-state index contributed by atoms with van der Waals surface area (Å²) < 4.78 is 8.51. The van der Waals surface area contributed by atoms with Crippen molar-refractivity contribution >= 4 is 35.0 Å². The fourth-order valence-corrected chi connectivity index (χ4v) is 4.75. The third kappa shape index (κ3) is 2.37. The number of hydrogen-bond donors (Lipinski definition) is 1. The lowest BCUT2D eigenvalue weighted by Crippen LogP contribution is -2.16. The van der Waals surface area contributed by atoms with Crippen LogP contribution in [0.15, 0.2) is 18.2 Å². The maximum absolute atomic E-state index is 5.56. The van der Waals surface area contributed by atoms with E-state index in [0.29, 0.717) is 11.3 Å². The fraction of sp³-hybridized carbons (Fsp3) is 0.533. The van der Waals surface area contributed by atoms with Gasteiger partial charge in [-0.25, -0.2) is 0 Å². The second-order valence-corrected chi connectivity index (χ2v) is 7.08. The van der Waals surface area contributed by atoms with E-state index in [4.69, 9.17) is 17.0 Å². The molecule has 2 atom stereocenters. The summed E-state index contributed by atoms with van der Waals surface area (Å²) in [5.74, 6) is 2.05. The number of aromatic amines is 1. The summed E-state index contributed by atoms with van der Waals surface area (Å²) in [6.07, 6.45) is 3.80. The second-order valence-electron chi connectivity index (χ2n) is 5.18. The number of hydrogen-bond acceptors (Lipinski definition) is 3. The van der Waals surface area contributed by atoms with E-state index in [9.17, 15) is 0 Å². The molecule has 1 N–H and O–H groups in total. The first kappa shape index (κ1) is 14.0. The summed E-state index contributed by atoms with van der Waals surface area (Å²) in [7, 11) is 1.71. The van der Waals surface area contributed by atoms with Gasteiger partial charge >= 0.3 is 0 Å². The zero-order chi connectivity index (χ0) is 14.1. The van der Waals surface area contributed by atoms with E-state index >= 15 is 0 Å². The highest BCUT2D eigenvalue weighted by Gasteiger charge is 2.30. The number of benzene rings is 1. The quantitative estimate of drug-likeness (QED) is 0.840. The molecule has 1 aliphatic rings. The van der Waals surface area contributed by atoms with E-state index in [1.54, 1.807) is 7.11 Å². The Morgan fingerprint density at radius 1 is 1.45 bits per heavy atom. The molecule has 20 heavy (non-hydrogen) atoms. The molecule has 3 rings (SSSR count). The Kier molecular flexibility index (Phi) is 4.08. The van der Waals surface area contributed by atoms with Crippen LogP contribution < -0.4 is 4.74 Å². The van der Waals surface area contributed by atoms with Crippen LogP contribution in [-0.4, -0.2) is 27.7 Å². The second kappa shape index (κ2) is 5.82. The van der Waals surface area contributed by atoms with Crippen molar-refractivity contribution in [3.05, 3.63) is 23.0 Å². The van der Waals surface area contributed by atoms with Crippen LogP contribution in [0.1, 0.15) is 32.2 Å². The molecule has 3 nitrogen and oxygen atoms in total. The van der Waals surface area contributed by atoms with E-state index in [1.807, 2.05) is 6.07 Å². The number of nitrogens with one attached hydrogen (secondary N) is 1. The van der Waals surface area contributed by atoms with Crippen LogP contribution in [-0.2, 0) is 0 Å². The van der Waals surface area contributed by atoms with Gasteiger partial charge in [0.05, 0.1) is 18.1 Å². The predicted octanol–water partition coefficient (Wildman–Crippen LogP) is 4.55. The smallest absolute Gasteiger partial charge is 0.178 e. The highest BCUT2D eigenvalue weighted by molar-refractivity contribution is 7.99. The molecular formula is C15H20N2OS2. The van der Waals surface area contributed by atoms with Crippen molar-refractivity contribution in [2.24, 2.45) is 0 Å². The summed E-state index contributed by atoms with van der Waals surface area (Å²) in [4.78, 5) is 3.33. The molecular weight excluding hydrogens is 288 g/mol. The lowest BCUT2D eigenvalue weighted by atomic mass is 10.2. The highest BCUT2D eigenvalue weighted by Crippen LogP contribution is 2.40. The molecule has 1 heterocycles. The van der Waals surface area contributed by atoms with Gasteiger partial charge in [-0.3, -0.25) is 0 Å². The van der Waals surface area contributed by atoms with Crippen LogP contribution in [0.25, 0.3) is 11.0 Å². The standard InChI is InChI=1S/C15H20N2OS2/c1-3-20-14-6-4-5-12(14)17-13-9-10(18-2)7-8-11(13)16-15(17)19/h7-9,12,14H,3-6H2,1-2H3,(H,16,19). The normalized spacial score (nSPS) is 22.5. The average molecular weight is 308 g/mol. The number of nitrogens with zero attached hydrogens (tertiary/aromatic N) is 1. The Morgan fingerprint density at radius 3 is 3.05 bits per heavy atom. The third-order valence-corrected chi connectivity index (χ3v) is 5.67. The summed E-state index contributed by atoms with van der Waals surface area (Å²) >= 11 is 7.62. The molecule has 1 fully saturated rings. The molecule has 0 saturated heterocycles. The molecule has 2 unspecified atom stereocenters. The van der Waals surface area contributed by atoms with E-state index in [0.717, 1.165) is 16.0 Å². The van der Waals surface area contributed by atoms with E-state index < -0.39 is 0 Å². The van der Waals surface area contributed by atoms with Crippen LogP contribution in [0.3, 0.4) is 0 Å². The first-order valence-electron chi connectivity index (χ1n) is 7.14. The van der Waals surface area contributed by atoms with Gasteiger partial charge in [0, 0.05) is 17.4 Å². The molecule has 1 aromatic heterocycles. The number of thioether (sulfide) groups is 1. The van der Waals surface area contributed by atoms with Crippen molar-refractivity contribution in [1.29, 1.82) is 0 Å². The van der Waals surface area contributed by atoms with Gasteiger partial charge in [0.1, 0.15) is 5.75 Å². The lowest BCUT2D eigenvalue weighted by Gasteiger charge is -2.21. The third-order valence-electron chi connectivity index (χ3n) is 4.05. The van der Waals surface area contributed by atoms with Crippen LogP contribution in [0, 0.1) is 4.77 Å². The molecule has 1 aliphatic carbocycles. The average Bonchev–Trinajstić information content (AvgIpc) is 3.01. The molecule has 0 amide bonds. The van der Waals surface area contributed by atoms with Crippen LogP contribution in [0.5, 0.6) is 5.75 Å². The number of methoxy groups -OCH3 is 1. The molecule has 2 aromatic rings. The van der Waals surface area contributed by atoms with Gasteiger partial charge in [-0.05, 0) is 42.9 Å². The Labute approximate surface area is 128 Å². The van der Waals surface area contributed by atoms with Gasteiger partial charge in [-0.15, -0.1) is 0 Å². The van der Waals surface area contributed by atoms with E-state index in [2.05, 4.69) is 40.4 Å². The predicted molar refractivity (Wildman–Crippen MR) is 88.5 cm³/mol. The van der Waals surface area contributed by atoms with Gasteiger partial charge in [0.25, 0.3) is 0 Å². The minimum Gasteiger partial charge on any atom is -0.497 e. The van der Waals surface area contributed by atoms with Gasteiger partial charge in [-0.1, -0.05) is 13.3 Å².